The van der Waals surface area contributed by atoms with Crippen molar-refractivity contribution in [1.82, 2.24) is 0 Å². The average Bonchev–Trinajstić information content (AvgIpc) is 2.72. The lowest BCUT2D eigenvalue weighted by Gasteiger charge is -2.27. The van der Waals surface area contributed by atoms with Gasteiger partial charge in [-0.3, -0.25) is 0 Å². The van der Waals surface area contributed by atoms with Crippen molar-refractivity contribution < 1.29 is 5.11 Å². The molecule has 0 spiro atoms. The van der Waals surface area contributed by atoms with Crippen LogP contribution in [-0.4, -0.2) is 17.3 Å². The van der Waals surface area contributed by atoms with Crippen LogP contribution in [0, 0.1) is 0 Å². The summed E-state index contributed by atoms with van der Waals surface area (Å²) in [5.41, 5.74) is 0.552. The monoisotopic (exact) mass is 347 g/mol. The lowest BCUT2D eigenvalue weighted by molar-refractivity contribution is 0.0381. The molecule has 0 heterocycles. The number of aliphatic hydroxyl groups is 1. The van der Waals surface area contributed by atoms with Gasteiger partial charge in [-0.2, -0.15) is 0 Å². The summed E-state index contributed by atoms with van der Waals surface area (Å²) < 4.78 is 1.11. The maximum Gasteiger partial charge on any atom is 0.0819 e. The minimum Gasteiger partial charge on any atom is -0.388 e. The molecule has 0 aliphatic heterocycles. The summed E-state index contributed by atoms with van der Waals surface area (Å²) >= 11 is 3.60. The highest BCUT2D eigenvalue weighted by atomic mass is 79.9. The fourth-order valence-corrected chi connectivity index (χ4v) is 3.72. The molecule has 0 radical (unpaired) electrons. The van der Waals surface area contributed by atoms with E-state index in [2.05, 4.69) is 57.6 Å². The minimum absolute atomic E-state index is 0.551. The van der Waals surface area contributed by atoms with Gasteiger partial charge in [0.05, 0.1) is 5.60 Å². The van der Waals surface area contributed by atoms with E-state index in [0.717, 1.165) is 35.8 Å². The van der Waals surface area contributed by atoms with E-state index in [0.29, 0.717) is 6.54 Å². The summed E-state index contributed by atoms with van der Waals surface area (Å²) in [6.45, 7) is 0.638. The summed E-state index contributed by atoms with van der Waals surface area (Å²) in [6.07, 6.45) is 6.61. The van der Waals surface area contributed by atoms with Gasteiger partial charge in [0.1, 0.15) is 0 Å². The molecule has 2 N–H and O–H groups in total. The van der Waals surface area contributed by atoms with Gasteiger partial charge in [0.15, 0.2) is 0 Å². The van der Waals surface area contributed by atoms with Gasteiger partial charge in [-0.1, -0.05) is 65.9 Å². The van der Waals surface area contributed by atoms with Crippen LogP contribution < -0.4 is 5.32 Å². The number of hydrogen-bond donors (Lipinski definition) is 2. The van der Waals surface area contributed by atoms with Crippen LogP contribution in [0.1, 0.15) is 38.5 Å². The Morgan fingerprint density at radius 3 is 2.33 bits per heavy atom. The molecule has 0 amide bonds. The zero-order chi connectivity index (χ0) is 14.7. The van der Waals surface area contributed by atoms with Crippen LogP contribution in [0.2, 0.25) is 0 Å². The second kappa shape index (κ2) is 6.37. The third-order valence-electron chi connectivity index (χ3n) is 4.51. The molecule has 3 rings (SSSR count). The predicted molar refractivity (Wildman–Crippen MR) is 92.8 cm³/mol. The quantitative estimate of drug-likeness (QED) is 0.757. The second-order valence-corrected chi connectivity index (χ2v) is 6.99. The van der Waals surface area contributed by atoms with Gasteiger partial charge in [0.25, 0.3) is 0 Å². The molecule has 1 fully saturated rings. The zero-order valence-corrected chi connectivity index (χ0v) is 13.8. The molecule has 0 saturated heterocycles. The molecule has 112 valence electrons. The molecule has 2 nitrogen and oxygen atoms in total. The van der Waals surface area contributed by atoms with Crippen LogP contribution >= 0.6 is 15.9 Å². The van der Waals surface area contributed by atoms with Gasteiger partial charge in [0, 0.05) is 22.1 Å². The lowest BCUT2D eigenvalue weighted by atomic mass is 9.94. The molecular formula is C18H22BrNO. The lowest BCUT2D eigenvalue weighted by Crippen LogP contribution is -2.36. The Bertz CT molecular complexity index is 618. The Kier molecular flexibility index (Phi) is 4.51. The van der Waals surface area contributed by atoms with Crippen LogP contribution in [0.25, 0.3) is 10.8 Å². The van der Waals surface area contributed by atoms with Gasteiger partial charge in [-0.25, -0.2) is 0 Å². The molecule has 0 aromatic heterocycles. The van der Waals surface area contributed by atoms with Crippen molar-refractivity contribution in [3.63, 3.8) is 0 Å². The molecule has 1 aliphatic carbocycles. The molecule has 3 heteroatoms. The highest BCUT2D eigenvalue weighted by Crippen LogP contribution is 2.32. The van der Waals surface area contributed by atoms with Crippen LogP contribution in [0.3, 0.4) is 0 Å². The Morgan fingerprint density at radius 2 is 1.62 bits per heavy atom. The predicted octanol–water partition coefficient (Wildman–Crippen LogP) is 5.10. The first kappa shape index (κ1) is 14.9. The van der Waals surface area contributed by atoms with E-state index in [-0.39, 0.29) is 0 Å². The fraction of sp³-hybridized carbons (Fsp3) is 0.444. The molecule has 0 bridgehead atoms. The van der Waals surface area contributed by atoms with E-state index >= 15 is 0 Å². The summed E-state index contributed by atoms with van der Waals surface area (Å²) in [4.78, 5) is 0. The van der Waals surface area contributed by atoms with Crippen LogP contribution in [0.5, 0.6) is 0 Å². The topological polar surface area (TPSA) is 32.3 Å². The first-order chi connectivity index (χ1) is 10.2. The van der Waals surface area contributed by atoms with Crippen molar-refractivity contribution in [3.8, 4) is 0 Å². The Morgan fingerprint density at radius 1 is 0.952 bits per heavy atom. The smallest absolute Gasteiger partial charge is 0.0819 e. The van der Waals surface area contributed by atoms with Gasteiger partial charge in [-0.15, -0.1) is 0 Å². The molecule has 2 aromatic carbocycles. The molecule has 2 aromatic rings. The Balaban J connectivity index is 1.80. The Hall–Kier alpha value is -1.06. The number of rotatable bonds is 3. The van der Waals surface area contributed by atoms with Crippen molar-refractivity contribution in [3.05, 3.63) is 40.9 Å². The number of benzene rings is 2. The van der Waals surface area contributed by atoms with Crippen molar-refractivity contribution in [1.29, 1.82) is 0 Å². The number of hydrogen-bond acceptors (Lipinski definition) is 2. The van der Waals surface area contributed by atoms with E-state index in [4.69, 9.17) is 0 Å². The van der Waals surface area contributed by atoms with Gasteiger partial charge >= 0.3 is 0 Å². The van der Waals surface area contributed by atoms with Crippen molar-refractivity contribution in [2.45, 2.75) is 44.1 Å². The number of nitrogens with one attached hydrogen (secondary N) is 1. The van der Waals surface area contributed by atoms with E-state index < -0.39 is 5.60 Å². The number of fused-ring (bicyclic) bond motifs is 1. The molecule has 1 saturated carbocycles. The largest absolute Gasteiger partial charge is 0.388 e. The fourth-order valence-electron chi connectivity index (χ4n) is 3.24. The molecule has 0 unspecified atom stereocenters. The summed E-state index contributed by atoms with van der Waals surface area (Å²) in [6, 6.07) is 12.5. The van der Waals surface area contributed by atoms with E-state index in [9.17, 15) is 5.11 Å². The second-order valence-electron chi connectivity index (χ2n) is 6.13. The van der Waals surface area contributed by atoms with Gasteiger partial charge in [0.2, 0.25) is 0 Å². The van der Waals surface area contributed by atoms with Gasteiger partial charge in [-0.05, 0) is 30.4 Å². The van der Waals surface area contributed by atoms with Crippen LogP contribution in [-0.2, 0) is 0 Å². The van der Waals surface area contributed by atoms with E-state index in [1.54, 1.807) is 0 Å². The molecule has 0 atom stereocenters. The third-order valence-corrected chi connectivity index (χ3v) is 5.20. The van der Waals surface area contributed by atoms with Crippen molar-refractivity contribution >= 4 is 32.4 Å². The third kappa shape index (κ3) is 3.41. The van der Waals surface area contributed by atoms with Crippen molar-refractivity contribution in [2.24, 2.45) is 0 Å². The normalized spacial score (nSPS) is 18.4. The molecular weight excluding hydrogens is 326 g/mol. The highest BCUT2D eigenvalue weighted by Gasteiger charge is 2.27. The molecule has 1 aliphatic rings. The van der Waals surface area contributed by atoms with Crippen LogP contribution in [0.4, 0.5) is 5.69 Å². The summed E-state index contributed by atoms with van der Waals surface area (Å²) in [5.74, 6) is 0. The van der Waals surface area contributed by atoms with Crippen LogP contribution in [0.15, 0.2) is 40.9 Å². The van der Waals surface area contributed by atoms with E-state index in [1.165, 1.54) is 23.6 Å². The summed E-state index contributed by atoms with van der Waals surface area (Å²) in [5, 5.41) is 16.7. The highest BCUT2D eigenvalue weighted by molar-refractivity contribution is 9.10. The number of anilines is 1. The zero-order valence-electron chi connectivity index (χ0n) is 12.2. The van der Waals surface area contributed by atoms with Gasteiger partial charge < -0.3 is 10.4 Å². The maximum atomic E-state index is 10.8. The molecule has 21 heavy (non-hydrogen) atoms. The first-order valence-corrected chi connectivity index (χ1v) is 8.61. The SMILES string of the molecule is OC1(CNc2ccc(Br)c3ccccc23)CCCCCC1. The number of halogens is 1. The first-order valence-electron chi connectivity index (χ1n) is 7.81. The average molecular weight is 348 g/mol. The maximum absolute atomic E-state index is 10.8. The standard InChI is InChI=1S/C18H22BrNO/c19-16-9-10-17(15-8-4-3-7-14(15)16)20-13-18(21)11-5-1-2-6-12-18/h3-4,7-10,20-21H,1-2,5-6,11-13H2. The van der Waals surface area contributed by atoms with Crippen molar-refractivity contribution in [2.75, 3.05) is 11.9 Å². The minimum atomic E-state index is -0.551. The summed E-state index contributed by atoms with van der Waals surface area (Å²) in [7, 11) is 0. The Labute approximate surface area is 134 Å². The van der Waals surface area contributed by atoms with E-state index in [1.807, 2.05) is 0 Å².